The van der Waals surface area contributed by atoms with Crippen LogP contribution >= 0.6 is 0 Å². The van der Waals surface area contributed by atoms with Crippen molar-refractivity contribution in [2.24, 2.45) is 0 Å². The second-order valence-corrected chi connectivity index (χ2v) is 2.30. The van der Waals surface area contributed by atoms with Gasteiger partial charge < -0.3 is 9.47 Å². The summed E-state index contributed by atoms with van der Waals surface area (Å²) in [6.45, 7) is 5.50. The van der Waals surface area contributed by atoms with Gasteiger partial charge in [0.1, 0.15) is 0 Å². The van der Waals surface area contributed by atoms with Crippen LogP contribution in [0.1, 0.15) is 19.8 Å². The van der Waals surface area contributed by atoms with Gasteiger partial charge in [-0.2, -0.15) is 0 Å². The highest BCUT2D eigenvalue weighted by atomic mass is 16.5. The summed E-state index contributed by atoms with van der Waals surface area (Å²) in [7, 11) is 0. The molecule has 4 heteroatoms. The number of carbonyl (C=O) groups is 2. The van der Waals surface area contributed by atoms with Crippen molar-refractivity contribution in [2.75, 3.05) is 13.2 Å². The van der Waals surface area contributed by atoms with Crippen molar-refractivity contribution in [3.63, 3.8) is 0 Å². The van der Waals surface area contributed by atoms with Gasteiger partial charge in [0, 0.05) is 18.9 Å². The van der Waals surface area contributed by atoms with Gasteiger partial charge >= 0.3 is 11.9 Å². The van der Waals surface area contributed by atoms with E-state index in [0.717, 1.165) is 6.08 Å². The molecule has 4 nitrogen and oxygen atoms in total. The maximum absolute atomic E-state index is 10.6. The van der Waals surface area contributed by atoms with E-state index in [0.29, 0.717) is 12.8 Å². The SMILES string of the molecule is C=CC(=O)OCCCOC(=O)CC. The first-order valence-corrected chi connectivity index (χ1v) is 4.15. The molecule has 0 saturated carbocycles. The van der Waals surface area contributed by atoms with E-state index in [4.69, 9.17) is 4.74 Å². The second kappa shape index (κ2) is 7.34. The third-order valence-electron chi connectivity index (χ3n) is 1.25. The molecule has 0 radical (unpaired) electrons. The van der Waals surface area contributed by atoms with E-state index < -0.39 is 5.97 Å². The summed E-state index contributed by atoms with van der Waals surface area (Å²) in [5, 5.41) is 0. The molecule has 0 rings (SSSR count). The van der Waals surface area contributed by atoms with Crippen molar-refractivity contribution >= 4 is 11.9 Å². The molecule has 74 valence electrons. The fourth-order valence-electron chi connectivity index (χ4n) is 0.579. The summed E-state index contributed by atoms with van der Waals surface area (Å²) >= 11 is 0. The second-order valence-electron chi connectivity index (χ2n) is 2.30. The van der Waals surface area contributed by atoms with Crippen LogP contribution in [-0.2, 0) is 19.1 Å². The molecule has 0 bridgehead atoms. The van der Waals surface area contributed by atoms with E-state index in [1.54, 1.807) is 6.92 Å². The standard InChI is InChI=1S/C9H14O4/c1-3-8(10)12-6-5-7-13-9(11)4-2/h3H,1,4-7H2,2H3. The smallest absolute Gasteiger partial charge is 0.330 e. The Morgan fingerprint density at radius 1 is 1.31 bits per heavy atom. The lowest BCUT2D eigenvalue weighted by molar-refractivity contribution is -0.144. The van der Waals surface area contributed by atoms with E-state index in [1.165, 1.54) is 0 Å². The minimum absolute atomic E-state index is 0.241. The zero-order chi connectivity index (χ0) is 10.1. The normalized spacial score (nSPS) is 9.00. The molecule has 0 amide bonds. The molecule has 0 aliphatic carbocycles. The highest BCUT2D eigenvalue weighted by Gasteiger charge is 1.98. The van der Waals surface area contributed by atoms with E-state index in [9.17, 15) is 9.59 Å². The Balaban J connectivity index is 3.21. The van der Waals surface area contributed by atoms with Gasteiger partial charge in [-0.05, 0) is 0 Å². The van der Waals surface area contributed by atoms with Crippen molar-refractivity contribution < 1.29 is 19.1 Å². The minimum Gasteiger partial charge on any atom is -0.466 e. The number of hydrogen-bond donors (Lipinski definition) is 0. The zero-order valence-electron chi connectivity index (χ0n) is 7.75. The van der Waals surface area contributed by atoms with Gasteiger partial charge in [0.2, 0.25) is 0 Å². The molecule has 0 spiro atoms. The highest BCUT2D eigenvalue weighted by Crippen LogP contribution is 1.89. The summed E-state index contributed by atoms with van der Waals surface area (Å²) in [5.41, 5.74) is 0. The predicted octanol–water partition coefficient (Wildman–Crippen LogP) is 1.06. The Morgan fingerprint density at radius 3 is 2.46 bits per heavy atom. The van der Waals surface area contributed by atoms with Crippen LogP contribution in [0, 0.1) is 0 Å². The zero-order valence-corrected chi connectivity index (χ0v) is 7.75. The maximum Gasteiger partial charge on any atom is 0.330 e. The molecule has 0 saturated heterocycles. The molecule has 0 fully saturated rings. The Bertz CT molecular complexity index is 186. The Hall–Kier alpha value is -1.32. The summed E-state index contributed by atoms with van der Waals surface area (Å²) in [4.78, 5) is 21.1. The van der Waals surface area contributed by atoms with Crippen molar-refractivity contribution in [3.8, 4) is 0 Å². The first-order chi connectivity index (χ1) is 6.20. The summed E-state index contributed by atoms with van der Waals surface area (Å²) in [6.07, 6.45) is 1.98. The molecule has 0 aromatic heterocycles. The third-order valence-corrected chi connectivity index (χ3v) is 1.25. The topological polar surface area (TPSA) is 52.6 Å². The van der Waals surface area contributed by atoms with E-state index in [-0.39, 0.29) is 19.2 Å². The van der Waals surface area contributed by atoms with E-state index >= 15 is 0 Å². The molecule has 0 N–H and O–H groups in total. The average molecular weight is 186 g/mol. The van der Waals surface area contributed by atoms with Crippen molar-refractivity contribution in [1.82, 2.24) is 0 Å². The Kier molecular flexibility index (Phi) is 6.59. The molecular formula is C9H14O4. The van der Waals surface area contributed by atoms with Crippen molar-refractivity contribution in [1.29, 1.82) is 0 Å². The fourth-order valence-corrected chi connectivity index (χ4v) is 0.579. The fraction of sp³-hybridized carbons (Fsp3) is 0.556. The maximum atomic E-state index is 10.6. The quantitative estimate of drug-likeness (QED) is 0.353. The number of esters is 2. The first kappa shape index (κ1) is 11.7. The van der Waals surface area contributed by atoms with Gasteiger partial charge in [-0.1, -0.05) is 13.5 Å². The molecule has 0 unspecified atom stereocenters. The first-order valence-electron chi connectivity index (χ1n) is 4.15. The summed E-state index contributed by atoms with van der Waals surface area (Å²) in [6, 6.07) is 0. The number of hydrogen-bond acceptors (Lipinski definition) is 4. The lowest BCUT2D eigenvalue weighted by Crippen LogP contribution is -2.08. The van der Waals surface area contributed by atoms with Gasteiger partial charge in [-0.25, -0.2) is 4.79 Å². The van der Waals surface area contributed by atoms with E-state index in [2.05, 4.69) is 11.3 Å². The van der Waals surface area contributed by atoms with Gasteiger partial charge in [-0.15, -0.1) is 0 Å². The van der Waals surface area contributed by atoms with Crippen LogP contribution in [0.3, 0.4) is 0 Å². The van der Waals surface area contributed by atoms with Gasteiger partial charge in [0.05, 0.1) is 13.2 Å². The van der Waals surface area contributed by atoms with Crippen LogP contribution in [-0.4, -0.2) is 25.2 Å². The molecule has 0 aliphatic rings. The van der Waals surface area contributed by atoms with Crippen LogP contribution in [0.4, 0.5) is 0 Å². The Labute approximate surface area is 77.5 Å². The van der Waals surface area contributed by atoms with Gasteiger partial charge in [0.25, 0.3) is 0 Å². The van der Waals surface area contributed by atoms with Crippen LogP contribution in [0.25, 0.3) is 0 Å². The molecule has 0 heterocycles. The molecular weight excluding hydrogens is 172 g/mol. The minimum atomic E-state index is -0.457. The molecule has 0 aromatic rings. The molecule has 0 aromatic carbocycles. The van der Waals surface area contributed by atoms with Crippen LogP contribution in [0.2, 0.25) is 0 Å². The Morgan fingerprint density at radius 2 is 1.92 bits per heavy atom. The van der Waals surface area contributed by atoms with Crippen molar-refractivity contribution in [2.45, 2.75) is 19.8 Å². The van der Waals surface area contributed by atoms with Gasteiger partial charge in [-0.3, -0.25) is 4.79 Å². The van der Waals surface area contributed by atoms with Crippen LogP contribution in [0.15, 0.2) is 12.7 Å². The number of carbonyl (C=O) groups excluding carboxylic acids is 2. The largest absolute Gasteiger partial charge is 0.466 e. The number of ether oxygens (including phenoxy) is 2. The summed E-state index contributed by atoms with van der Waals surface area (Å²) < 4.78 is 9.41. The lowest BCUT2D eigenvalue weighted by Gasteiger charge is -2.03. The van der Waals surface area contributed by atoms with Gasteiger partial charge in [0.15, 0.2) is 0 Å². The number of rotatable bonds is 6. The lowest BCUT2D eigenvalue weighted by atomic mass is 10.4. The van der Waals surface area contributed by atoms with Crippen molar-refractivity contribution in [3.05, 3.63) is 12.7 Å². The molecule has 13 heavy (non-hydrogen) atoms. The summed E-state index contributed by atoms with van der Waals surface area (Å²) in [5.74, 6) is -0.697. The van der Waals surface area contributed by atoms with Crippen LogP contribution in [0.5, 0.6) is 0 Å². The monoisotopic (exact) mass is 186 g/mol. The highest BCUT2D eigenvalue weighted by molar-refractivity contribution is 5.81. The molecule has 0 atom stereocenters. The van der Waals surface area contributed by atoms with E-state index in [1.807, 2.05) is 0 Å². The predicted molar refractivity (Wildman–Crippen MR) is 47.0 cm³/mol. The third kappa shape index (κ3) is 7.05. The molecule has 0 aliphatic heterocycles. The van der Waals surface area contributed by atoms with Crippen LogP contribution < -0.4 is 0 Å². The average Bonchev–Trinajstić information content (AvgIpc) is 2.16.